The maximum absolute atomic E-state index is 8.37. The lowest BCUT2D eigenvalue weighted by molar-refractivity contribution is -0.670. The number of thiophene rings is 1. The standard InChI is InChI=1S/C18H21N4S/c1-20-8-4-14-5-9-22(17(14)12-20)11-16-10-15(13-23-16)18(19)21-6-2-3-7-21/h4-5,8-10,12-13,19H,2-3,6-7,11H2,1H3/q+1. The fourth-order valence-corrected chi connectivity index (χ4v) is 4.11. The molecule has 118 valence electrons. The van der Waals surface area contributed by atoms with E-state index >= 15 is 0 Å². The Morgan fingerprint density at radius 3 is 2.96 bits per heavy atom. The fraction of sp³-hybridized carbons (Fsp3) is 0.333. The molecular formula is C18H21N4S+. The SMILES string of the molecule is C[n+]1ccc2ccn(Cc3cc(C(=N)N4CCCC4)cs3)c2c1. The molecule has 0 radical (unpaired) electrons. The Balaban J connectivity index is 1.57. The highest BCUT2D eigenvalue weighted by Crippen LogP contribution is 2.22. The third-order valence-electron chi connectivity index (χ3n) is 4.53. The van der Waals surface area contributed by atoms with Crippen LogP contribution in [0.15, 0.2) is 42.2 Å². The van der Waals surface area contributed by atoms with Crippen molar-refractivity contribution in [3.8, 4) is 0 Å². The van der Waals surface area contributed by atoms with Crippen molar-refractivity contribution in [3.05, 3.63) is 52.6 Å². The van der Waals surface area contributed by atoms with Gasteiger partial charge < -0.3 is 9.47 Å². The number of nitrogens with zero attached hydrogens (tertiary/aromatic N) is 3. The van der Waals surface area contributed by atoms with Crippen molar-refractivity contribution < 1.29 is 4.57 Å². The molecule has 0 aromatic carbocycles. The van der Waals surface area contributed by atoms with E-state index < -0.39 is 0 Å². The molecule has 1 saturated heterocycles. The van der Waals surface area contributed by atoms with Crippen LogP contribution in [-0.2, 0) is 13.6 Å². The van der Waals surface area contributed by atoms with E-state index in [1.54, 1.807) is 11.3 Å². The van der Waals surface area contributed by atoms with Crippen LogP contribution in [0.5, 0.6) is 0 Å². The van der Waals surface area contributed by atoms with Gasteiger partial charge in [0, 0.05) is 46.6 Å². The Labute approximate surface area is 140 Å². The third kappa shape index (κ3) is 2.77. The summed E-state index contributed by atoms with van der Waals surface area (Å²) in [6.07, 6.45) is 8.82. The Bertz CT molecular complexity index is 855. The number of pyridine rings is 1. The van der Waals surface area contributed by atoms with Crippen molar-refractivity contribution in [1.29, 1.82) is 5.41 Å². The van der Waals surface area contributed by atoms with Gasteiger partial charge in [-0.1, -0.05) is 0 Å². The molecule has 4 nitrogen and oxygen atoms in total. The lowest BCUT2D eigenvalue weighted by Gasteiger charge is -2.17. The van der Waals surface area contributed by atoms with E-state index in [1.807, 2.05) is 0 Å². The zero-order chi connectivity index (χ0) is 15.8. The molecule has 1 N–H and O–H groups in total. The van der Waals surface area contributed by atoms with Gasteiger partial charge >= 0.3 is 0 Å². The molecule has 3 aromatic heterocycles. The summed E-state index contributed by atoms with van der Waals surface area (Å²) in [4.78, 5) is 3.49. The zero-order valence-corrected chi connectivity index (χ0v) is 14.1. The van der Waals surface area contributed by atoms with Gasteiger partial charge in [-0.05, 0) is 25.0 Å². The van der Waals surface area contributed by atoms with Gasteiger partial charge in [0.05, 0.1) is 6.54 Å². The van der Waals surface area contributed by atoms with Crippen LogP contribution < -0.4 is 4.57 Å². The lowest BCUT2D eigenvalue weighted by Crippen LogP contribution is -2.27. The predicted molar refractivity (Wildman–Crippen MR) is 94.2 cm³/mol. The number of aryl methyl sites for hydroxylation is 1. The van der Waals surface area contributed by atoms with Crippen LogP contribution in [0.25, 0.3) is 10.9 Å². The van der Waals surface area contributed by atoms with E-state index in [0.717, 1.165) is 25.2 Å². The van der Waals surface area contributed by atoms with Crippen molar-refractivity contribution in [3.63, 3.8) is 0 Å². The van der Waals surface area contributed by atoms with Crippen LogP contribution in [0.4, 0.5) is 0 Å². The molecular weight excluding hydrogens is 304 g/mol. The number of likely N-dealkylation sites (tertiary alicyclic amines) is 1. The maximum Gasteiger partial charge on any atom is 0.193 e. The first-order valence-electron chi connectivity index (χ1n) is 8.06. The van der Waals surface area contributed by atoms with Crippen LogP contribution in [0.1, 0.15) is 23.3 Å². The van der Waals surface area contributed by atoms with Crippen molar-refractivity contribution in [1.82, 2.24) is 9.47 Å². The Hall–Kier alpha value is -2.14. The number of hydrogen-bond donors (Lipinski definition) is 1. The molecule has 0 aliphatic carbocycles. The number of aromatic nitrogens is 2. The molecule has 5 heteroatoms. The van der Waals surface area contributed by atoms with Gasteiger partial charge in [-0.2, -0.15) is 0 Å². The Kier molecular flexibility index (Phi) is 3.65. The van der Waals surface area contributed by atoms with Gasteiger partial charge in [0.1, 0.15) is 18.4 Å². The summed E-state index contributed by atoms with van der Waals surface area (Å²) in [6.45, 7) is 2.93. The minimum Gasteiger partial charge on any atom is -0.357 e. The molecule has 3 aromatic rings. The second-order valence-corrected chi connectivity index (χ2v) is 7.23. The van der Waals surface area contributed by atoms with E-state index in [9.17, 15) is 0 Å². The van der Waals surface area contributed by atoms with E-state index in [1.165, 1.54) is 28.6 Å². The molecule has 23 heavy (non-hydrogen) atoms. The van der Waals surface area contributed by atoms with Crippen LogP contribution in [0.2, 0.25) is 0 Å². The molecule has 0 atom stereocenters. The average molecular weight is 325 g/mol. The molecule has 0 saturated carbocycles. The molecule has 0 amide bonds. The second-order valence-electron chi connectivity index (χ2n) is 6.24. The summed E-state index contributed by atoms with van der Waals surface area (Å²) < 4.78 is 4.37. The largest absolute Gasteiger partial charge is 0.357 e. The smallest absolute Gasteiger partial charge is 0.193 e. The molecule has 4 rings (SSSR count). The highest BCUT2D eigenvalue weighted by molar-refractivity contribution is 7.10. The second kappa shape index (κ2) is 5.81. The summed E-state index contributed by atoms with van der Waals surface area (Å²) in [5, 5.41) is 11.8. The predicted octanol–water partition coefficient (Wildman–Crippen LogP) is 3.00. The number of fused-ring (bicyclic) bond motifs is 1. The summed E-state index contributed by atoms with van der Waals surface area (Å²) in [5.74, 6) is 0.689. The van der Waals surface area contributed by atoms with Gasteiger partial charge in [-0.25, -0.2) is 4.57 Å². The van der Waals surface area contributed by atoms with Gasteiger partial charge in [0.15, 0.2) is 12.4 Å². The van der Waals surface area contributed by atoms with Gasteiger partial charge in [0.2, 0.25) is 0 Å². The first-order chi connectivity index (χ1) is 11.2. The first-order valence-corrected chi connectivity index (χ1v) is 8.94. The van der Waals surface area contributed by atoms with Crippen LogP contribution in [0, 0.1) is 5.41 Å². The van der Waals surface area contributed by atoms with Gasteiger partial charge in [-0.15, -0.1) is 11.3 Å². The third-order valence-corrected chi connectivity index (χ3v) is 5.45. The first kappa shape index (κ1) is 14.5. The molecule has 1 aliphatic heterocycles. The lowest BCUT2D eigenvalue weighted by atomic mass is 10.2. The highest BCUT2D eigenvalue weighted by Gasteiger charge is 2.17. The Morgan fingerprint density at radius 2 is 2.13 bits per heavy atom. The van der Waals surface area contributed by atoms with E-state index in [0.29, 0.717) is 5.84 Å². The summed E-state index contributed by atoms with van der Waals surface area (Å²) in [6, 6.07) is 6.49. The van der Waals surface area contributed by atoms with Gasteiger partial charge in [0.25, 0.3) is 0 Å². The molecule has 1 aliphatic rings. The van der Waals surface area contributed by atoms with Crippen LogP contribution >= 0.6 is 11.3 Å². The molecule has 0 unspecified atom stereocenters. The van der Waals surface area contributed by atoms with Gasteiger partial charge in [-0.3, -0.25) is 5.41 Å². The van der Waals surface area contributed by atoms with E-state index in [2.05, 4.69) is 63.3 Å². The zero-order valence-electron chi connectivity index (χ0n) is 13.3. The number of hydrogen-bond acceptors (Lipinski definition) is 2. The quantitative estimate of drug-likeness (QED) is 0.448. The molecule has 1 fully saturated rings. The summed E-state index contributed by atoms with van der Waals surface area (Å²) in [5.41, 5.74) is 2.31. The van der Waals surface area contributed by atoms with E-state index in [-0.39, 0.29) is 0 Å². The highest BCUT2D eigenvalue weighted by atomic mass is 32.1. The normalized spacial score (nSPS) is 14.7. The molecule has 0 spiro atoms. The van der Waals surface area contributed by atoms with E-state index in [4.69, 9.17) is 5.41 Å². The average Bonchev–Trinajstić information content (AvgIpc) is 3.28. The maximum atomic E-state index is 8.37. The minimum absolute atomic E-state index is 0.689. The van der Waals surface area contributed by atoms with Crippen molar-refractivity contribution in [2.45, 2.75) is 19.4 Å². The summed E-state index contributed by atoms with van der Waals surface area (Å²) in [7, 11) is 2.05. The molecule has 0 bridgehead atoms. The molecule has 4 heterocycles. The number of rotatable bonds is 3. The van der Waals surface area contributed by atoms with Crippen molar-refractivity contribution in [2.75, 3.05) is 13.1 Å². The van der Waals surface area contributed by atoms with Crippen molar-refractivity contribution >= 4 is 28.1 Å². The number of nitrogens with one attached hydrogen (secondary N) is 1. The fourth-order valence-electron chi connectivity index (χ4n) is 3.24. The van der Waals surface area contributed by atoms with Crippen LogP contribution in [-0.4, -0.2) is 28.4 Å². The minimum atomic E-state index is 0.689. The number of amidine groups is 1. The Morgan fingerprint density at radius 1 is 1.30 bits per heavy atom. The van der Waals surface area contributed by atoms with Crippen molar-refractivity contribution in [2.24, 2.45) is 7.05 Å². The monoisotopic (exact) mass is 325 g/mol. The summed E-state index contributed by atoms with van der Waals surface area (Å²) >= 11 is 1.75. The van der Waals surface area contributed by atoms with Crippen LogP contribution in [0.3, 0.4) is 0 Å². The topological polar surface area (TPSA) is 35.9 Å².